The summed E-state index contributed by atoms with van der Waals surface area (Å²) in [4.78, 5) is 4.61. The highest BCUT2D eigenvalue weighted by Gasteiger charge is 2.16. The molecule has 1 aromatic carbocycles. The Morgan fingerprint density at radius 1 is 1.15 bits per heavy atom. The number of rotatable bonds is 5. The van der Waals surface area contributed by atoms with Crippen LogP contribution in [0.15, 0.2) is 48.8 Å². The molecule has 3 heterocycles. The number of hydrogen-bond donors (Lipinski definition) is 1. The lowest BCUT2D eigenvalue weighted by Crippen LogP contribution is -2.29. The molecule has 0 spiro atoms. The van der Waals surface area contributed by atoms with Gasteiger partial charge in [0.25, 0.3) is 0 Å². The molecule has 7 heteroatoms. The van der Waals surface area contributed by atoms with Crippen molar-refractivity contribution >= 4 is 23.2 Å². The van der Waals surface area contributed by atoms with Crippen LogP contribution in [0.1, 0.15) is 24.4 Å². The summed E-state index contributed by atoms with van der Waals surface area (Å²) in [6.07, 6.45) is 6.13. The van der Waals surface area contributed by atoms with Gasteiger partial charge < -0.3 is 10.1 Å². The first-order chi connectivity index (χ1) is 13.2. The quantitative estimate of drug-likeness (QED) is 0.668. The van der Waals surface area contributed by atoms with Crippen molar-refractivity contribution in [3.05, 3.63) is 64.4 Å². The van der Waals surface area contributed by atoms with Gasteiger partial charge in [-0.05, 0) is 44.1 Å². The molecule has 0 saturated carbocycles. The maximum atomic E-state index is 6.20. The number of piperidine rings is 1. The third kappa shape index (κ3) is 4.43. The summed E-state index contributed by atoms with van der Waals surface area (Å²) in [6.45, 7) is 2.41. The van der Waals surface area contributed by atoms with E-state index in [4.69, 9.17) is 27.9 Å². The maximum Gasteiger partial charge on any atom is 0.214 e. The number of pyridine rings is 1. The van der Waals surface area contributed by atoms with Crippen molar-refractivity contribution in [2.24, 2.45) is 0 Å². The van der Waals surface area contributed by atoms with Crippen LogP contribution >= 0.6 is 23.2 Å². The van der Waals surface area contributed by atoms with Crippen molar-refractivity contribution in [3.63, 3.8) is 0 Å². The molecule has 1 aliphatic rings. The molecule has 1 saturated heterocycles. The van der Waals surface area contributed by atoms with Crippen LogP contribution in [0.4, 0.5) is 0 Å². The molecular formula is C20H20Cl2N4O. The largest absolute Gasteiger partial charge is 0.473 e. The van der Waals surface area contributed by atoms with Crippen molar-refractivity contribution in [2.45, 2.75) is 25.5 Å². The zero-order valence-corrected chi connectivity index (χ0v) is 16.2. The van der Waals surface area contributed by atoms with Gasteiger partial charge in [-0.25, -0.2) is 4.98 Å². The fourth-order valence-electron chi connectivity index (χ4n) is 3.19. The van der Waals surface area contributed by atoms with Gasteiger partial charge in [0.05, 0.1) is 17.9 Å². The van der Waals surface area contributed by atoms with Crippen LogP contribution < -0.4 is 10.1 Å². The van der Waals surface area contributed by atoms with Crippen LogP contribution in [0.5, 0.6) is 5.88 Å². The van der Waals surface area contributed by atoms with Gasteiger partial charge in [-0.2, -0.15) is 5.10 Å². The van der Waals surface area contributed by atoms with Crippen LogP contribution in [-0.4, -0.2) is 27.9 Å². The number of benzene rings is 1. The highest BCUT2D eigenvalue weighted by Crippen LogP contribution is 2.25. The minimum absolute atomic E-state index is 0.334. The third-order valence-electron chi connectivity index (χ3n) is 4.69. The van der Waals surface area contributed by atoms with E-state index >= 15 is 0 Å². The van der Waals surface area contributed by atoms with E-state index in [0.29, 0.717) is 28.6 Å². The van der Waals surface area contributed by atoms with E-state index in [1.165, 1.54) is 0 Å². The Bertz CT molecular complexity index is 922. The molecule has 0 amide bonds. The fourth-order valence-corrected chi connectivity index (χ4v) is 3.65. The van der Waals surface area contributed by atoms with E-state index in [2.05, 4.69) is 26.3 Å². The lowest BCUT2D eigenvalue weighted by molar-refractivity contribution is 0.294. The lowest BCUT2D eigenvalue weighted by atomic mass is 10.1. The van der Waals surface area contributed by atoms with Crippen LogP contribution in [0.3, 0.4) is 0 Å². The molecule has 5 nitrogen and oxygen atoms in total. The molecule has 0 atom stereocenters. The van der Waals surface area contributed by atoms with E-state index in [1.54, 1.807) is 12.1 Å². The number of nitrogens with zero attached hydrogens (tertiary/aromatic N) is 3. The standard InChI is InChI=1S/C20H20Cl2N4O/c21-16-5-4-14(18(22)10-16)13-27-20-3-1-2-19(25-20)15-11-24-26(12-15)17-6-8-23-9-7-17/h1-5,10-12,17,23H,6-9,13H2. The number of nitrogens with one attached hydrogen (secondary N) is 1. The number of hydrogen-bond acceptors (Lipinski definition) is 4. The molecule has 1 aliphatic heterocycles. The van der Waals surface area contributed by atoms with Crippen LogP contribution in [-0.2, 0) is 6.61 Å². The predicted octanol–water partition coefficient (Wildman–Crippen LogP) is 4.76. The highest BCUT2D eigenvalue weighted by molar-refractivity contribution is 6.35. The summed E-state index contributed by atoms with van der Waals surface area (Å²) in [7, 11) is 0. The van der Waals surface area contributed by atoms with E-state index in [-0.39, 0.29) is 0 Å². The first kappa shape index (κ1) is 18.3. The zero-order chi connectivity index (χ0) is 18.6. The van der Waals surface area contributed by atoms with Gasteiger partial charge >= 0.3 is 0 Å². The van der Waals surface area contributed by atoms with Crippen LogP contribution in [0.25, 0.3) is 11.3 Å². The molecule has 1 fully saturated rings. The average Bonchev–Trinajstić information content (AvgIpc) is 3.19. The minimum atomic E-state index is 0.334. The Balaban J connectivity index is 1.46. The summed E-state index contributed by atoms with van der Waals surface area (Å²) in [6, 6.07) is 11.6. The number of aromatic nitrogens is 3. The molecule has 2 aromatic heterocycles. The maximum absolute atomic E-state index is 6.20. The normalized spacial score (nSPS) is 15.0. The highest BCUT2D eigenvalue weighted by atomic mass is 35.5. The molecule has 4 rings (SSSR count). The van der Waals surface area contributed by atoms with E-state index < -0.39 is 0 Å². The molecule has 0 radical (unpaired) electrons. The Kier molecular flexibility index (Phi) is 5.62. The second-order valence-corrected chi connectivity index (χ2v) is 7.42. The Morgan fingerprint density at radius 3 is 2.81 bits per heavy atom. The van der Waals surface area contributed by atoms with E-state index in [1.807, 2.05) is 30.5 Å². The molecule has 0 unspecified atom stereocenters. The Labute approximate surface area is 168 Å². The molecular weight excluding hydrogens is 383 g/mol. The van der Waals surface area contributed by atoms with Gasteiger partial charge in [0.2, 0.25) is 5.88 Å². The number of ether oxygens (including phenoxy) is 1. The number of halogens is 2. The van der Waals surface area contributed by atoms with E-state index in [9.17, 15) is 0 Å². The summed E-state index contributed by atoms with van der Waals surface area (Å²) in [5.41, 5.74) is 2.70. The second kappa shape index (κ2) is 8.30. The minimum Gasteiger partial charge on any atom is -0.473 e. The molecule has 1 N–H and O–H groups in total. The monoisotopic (exact) mass is 402 g/mol. The smallest absolute Gasteiger partial charge is 0.214 e. The van der Waals surface area contributed by atoms with Gasteiger partial charge in [-0.3, -0.25) is 4.68 Å². The van der Waals surface area contributed by atoms with E-state index in [0.717, 1.165) is 42.8 Å². The topological polar surface area (TPSA) is 52.0 Å². The molecule has 27 heavy (non-hydrogen) atoms. The van der Waals surface area contributed by atoms with Crippen molar-refractivity contribution < 1.29 is 4.74 Å². The fraction of sp³-hybridized carbons (Fsp3) is 0.300. The molecule has 3 aromatic rings. The Hall–Kier alpha value is -2.08. The van der Waals surface area contributed by atoms with Crippen molar-refractivity contribution in [1.29, 1.82) is 0 Å². The van der Waals surface area contributed by atoms with Gasteiger partial charge in [0.1, 0.15) is 6.61 Å². The second-order valence-electron chi connectivity index (χ2n) is 6.58. The first-order valence-electron chi connectivity index (χ1n) is 8.98. The summed E-state index contributed by atoms with van der Waals surface area (Å²) < 4.78 is 7.88. The van der Waals surface area contributed by atoms with Crippen molar-refractivity contribution in [1.82, 2.24) is 20.1 Å². The first-order valence-corrected chi connectivity index (χ1v) is 9.74. The van der Waals surface area contributed by atoms with Gasteiger partial charge in [0.15, 0.2) is 0 Å². The van der Waals surface area contributed by atoms with Gasteiger partial charge in [-0.15, -0.1) is 0 Å². The van der Waals surface area contributed by atoms with Crippen molar-refractivity contribution in [3.8, 4) is 17.1 Å². The molecule has 0 bridgehead atoms. The summed E-state index contributed by atoms with van der Waals surface area (Å²) in [5.74, 6) is 0.549. The zero-order valence-electron chi connectivity index (χ0n) is 14.7. The summed E-state index contributed by atoms with van der Waals surface area (Å²) in [5, 5.41) is 9.11. The van der Waals surface area contributed by atoms with Crippen LogP contribution in [0, 0.1) is 0 Å². The van der Waals surface area contributed by atoms with Crippen LogP contribution in [0.2, 0.25) is 10.0 Å². The SMILES string of the molecule is Clc1ccc(COc2cccc(-c3cnn(C4CCNCC4)c3)n2)c(Cl)c1. The summed E-state index contributed by atoms with van der Waals surface area (Å²) >= 11 is 12.1. The van der Waals surface area contributed by atoms with Gasteiger partial charge in [0, 0.05) is 33.4 Å². The van der Waals surface area contributed by atoms with Gasteiger partial charge in [-0.1, -0.05) is 35.3 Å². The molecule has 0 aliphatic carbocycles. The third-order valence-corrected chi connectivity index (χ3v) is 5.28. The average molecular weight is 403 g/mol. The van der Waals surface area contributed by atoms with Crippen molar-refractivity contribution in [2.75, 3.05) is 13.1 Å². The Morgan fingerprint density at radius 2 is 2.00 bits per heavy atom. The molecule has 140 valence electrons. The lowest BCUT2D eigenvalue weighted by Gasteiger charge is -2.22. The predicted molar refractivity (Wildman–Crippen MR) is 107 cm³/mol.